The molecule has 1 aromatic heterocycles. The Hall–Kier alpha value is -2.13. The van der Waals surface area contributed by atoms with Gasteiger partial charge in [0.1, 0.15) is 5.82 Å². The summed E-state index contributed by atoms with van der Waals surface area (Å²) >= 11 is 0. The molecule has 3 rings (SSSR count). The highest BCUT2D eigenvalue weighted by atomic mass is 16.6. The summed E-state index contributed by atoms with van der Waals surface area (Å²) in [6, 6.07) is 2.18. The molecule has 0 aromatic carbocycles. The number of carbonyl (C=O) groups is 1. The van der Waals surface area contributed by atoms with E-state index < -0.39 is 0 Å². The zero-order chi connectivity index (χ0) is 18.9. The summed E-state index contributed by atoms with van der Waals surface area (Å²) in [5.74, 6) is 1.45. The van der Waals surface area contributed by atoms with E-state index in [1.807, 2.05) is 13.0 Å². The number of ether oxygens (including phenoxy) is 2. The molecule has 9 heteroatoms. The van der Waals surface area contributed by atoms with Crippen molar-refractivity contribution in [3.05, 3.63) is 12.3 Å². The Bertz CT molecular complexity index is 588. The number of nitrogens with one attached hydrogen (secondary N) is 2. The van der Waals surface area contributed by atoms with Crippen LogP contribution in [0, 0.1) is 0 Å². The zero-order valence-corrected chi connectivity index (χ0v) is 16.0. The molecule has 2 fully saturated rings. The van der Waals surface area contributed by atoms with E-state index in [9.17, 15) is 4.79 Å². The third-order valence-electron chi connectivity index (χ3n) is 4.84. The van der Waals surface area contributed by atoms with Gasteiger partial charge in [-0.3, -0.25) is 4.90 Å². The fourth-order valence-electron chi connectivity index (χ4n) is 3.31. The zero-order valence-electron chi connectivity index (χ0n) is 16.0. The van der Waals surface area contributed by atoms with E-state index in [2.05, 4.69) is 25.5 Å². The van der Waals surface area contributed by atoms with Gasteiger partial charge in [0.15, 0.2) is 0 Å². The Balaban J connectivity index is 1.40. The fraction of sp³-hybridized carbons (Fsp3) is 0.722. The van der Waals surface area contributed by atoms with Crippen molar-refractivity contribution >= 4 is 17.9 Å². The number of amides is 1. The molecule has 0 radical (unpaired) electrons. The van der Waals surface area contributed by atoms with Gasteiger partial charge in [0.05, 0.1) is 19.8 Å². The second kappa shape index (κ2) is 10.3. The van der Waals surface area contributed by atoms with E-state index in [1.165, 1.54) is 0 Å². The van der Waals surface area contributed by atoms with E-state index in [0.717, 1.165) is 58.1 Å². The highest BCUT2D eigenvalue weighted by Crippen LogP contribution is 2.16. The lowest BCUT2D eigenvalue weighted by molar-refractivity contribution is 0.0398. The molecule has 3 heterocycles. The van der Waals surface area contributed by atoms with E-state index in [0.29, 0.717) is 31.7 Å². The molecule has 150 valence electrons. The van der Waals surface area contributed by atoms with Crippen molar-refractivity contribution in [1.29, 1.82) is 0 Å². The lowest BCUT2D eigenvalue weighted by atomic mass is 10.1. The van der Waals surface area contributed by atoms with Crippen molar-refractivity contribution in [3.63, 3.8) is 0 Å². The standard InChI is InChI=1S/C18H30N6O3/c1-2-27-18(25)24-8-4-15(5-9-24)21-16-3-6-19-17(22-16)20-7-10-23-11-13-26-14-12-23/h3,6,15H,2,4-5,7-14H2,1H3,(H2,19,20,21,22). The minimum atomic E-state index is -0.218. The van der Waals surface area contributed by atoms with Crippen LogP contribution < -0.4 is 10.6 Å². The topological polar surface area (TPSA) is 91.8 Å². The SMILES string of the molecule is CCOC(=O)N1CCC(Nc2ccnc(NCCN3CCOCC3)n2)CC1. The van der Waals surface area contributed by atoms with Crippen LogP contribution in [0.15, 0.2) is 12.3 Å². The minimum absolute atomic E-state index is 0.218. The molecule has 0 atom stereocenters. The van der Waals surface area contributed by atoms with Crippen molar-refractivity contribution in [1.82, 2.24) is 19.8 Å². The summed E-state index contributed by atoms with van der Waals surface area (Å²) in [5, 5.41) is 6.75. The maximum atomic E-state index is 11.8. The van der Waals surface area contributed by atoms with Crippen LogP contribution in [-0.4, -0.2) is 91.0 Å². The summed E-state index contributed by atoms with van der Waals surface area (Å²) < 4.78 is 10.4. The molecule has 2 saturated heterocycles. The minimum Gasteiger partial charge on any atom is -0.450 e. The van der Waals surface area contributed by atoms with Gasteiger partial charge < -0.3 is 25.0 Å². The Morgan fingerprint density at radius 2 is 2.07 bits per heavy atom. The number of hydrogen-bond donors (Lipinski definition) is 2. The number of hydrogen-bond acceptors (Lipinski definition) is 8. The maximum Gasteiger partial charge on any atom is 0.409 e. The van der Waals surface area contributed by atoms with Gasteiger partial charge in [-0.2, -0.15) is 4.98 Å². The van der Waals surface area contributed by atoms with Crippen LogP contribution in [0.2, 0.25) is 0 Å². The smallest absolute Gasteiger partial charge is 0.409 e. The summed E-state index contributed by atoms with van der Waals surface area (Å²) in [7, 11) is 0. The van der Waals surface area contributed by atoms with Crippen molar-refractivity contribution in [2.75, 3.05) is 69.7 Å². The molecule has 9 nitrogen and oxygen atoms in total. The fourth-order valence-corrected chi connectivity index (χ4v) is 3.31. The van der Waals surface area contributed by atoms with Crippen LogP contribution in [-0.2, 0) is 9.47 Å². The molecule has 0 bridgehead atoms. The third-order valence-corrected chi connectivity index (χ3v) is 4.84. The molecule has 0 unspecified atom stereocenters. The van der Waals surface area contributed by atoms with Gasteiger partial charge in [0.25, 0.3) is 0 Å². The number of carbonyl (C=O) groups excluding carboxylic acids is 1. The number of rotatable bonds is 7. The van der Waals surface area contributed by atoms with E-state index in [-0.39, 0.29) is 6.09 Å². The predicted octanol–water partition coefficient (Wildman–Crippen LogP) is 1.25. The monoisotopic (exact) mass is 378 g/mol. The van der Waals surface area contributed by atoms with Crippen molar-refractivity contribution in [2.24, 2.45) is 0 Å². The Kier molecular flexibility index (Phi) is 7.46. The van der Waals surface area contributed by atoms with Crippen molar-refractivity contribution in [3.8, 4) is 0 Å². The van der Waals surface area contributed by atoms with Crippen LogP contribution in [0.5, 0.6) is 0 Å². The number of aromatic nitrogens is 2. The number of anilines is 2. The van der Waals surface area contributed by atoms with Gasteiger partial charge in [0.2, 0.25) is 5.95 Å². The van der Waals surface area contributed by atoms with Gasteiger partial charge in [-0.25, -0.2) is 9.78 Å². The second-order valence-electron chi connectivity index (χ2n) is 6.75. The van der Waals surface area contributed by atoms with Gasteiger partial charge in [-0.05, 0) is 25.8 Å². The third kappa shape index (κ3) is 6.21. The van der Waals surface area contributed by atoms with Crippen LogP contribution in [0.25, 0.3) is 0 Å². The lowest BCUT2D eigenvalue weighted by Crippen LogP contribution is -2.42. The first kappa shape index (κ1) is 19.6. The van der Waals surface area contributed by atoms with E-state index in [1.54, 1.807) is 11.1 Å². The first-order valence-corrected chi connectivity index (χ1v) is 9.80. The first-order valence-electron chi connectivity index (χ1n) is 9.80. The van der Waals surface area contributed by atoms with Crippen LogP contribution >= 0.6 is 0 Å². The molecular formula is C18H30N6O3. The largest absolute Gasteiger partial charge is 0.450 e. The molecule has 27 heavy (non-hydrogen) atoms. The summed E-state index contributed by atoms with van der Waals surface area (Å²) in [6.07, 6.45) is 3.30. The summed E-state index contributed by atoms with van der Waals surface area (Å²) in [5.41, 5.74) is 0. The number of likely N-dealkylation sites (tertiary alicyclic amines) is 1. The second-order valence-corrected chi connectivity index (χ2v) is 6.75. The maximum absolute atomic E-state index is 11.8. The normalized spacial score (nSPS) is 18.9. The molecule has 0 saturated carbocycles. The Labute approximate surface area is 160 Å². The number of nitrogens with zero attached hydrogens (tertiary/aromatic N) is 4. The quantitative estimate of drug-likeness (QED) is 0.733. The van der Waals surface area contributed by atoms with Crippen molar-refractivity contribution in [2.45, 2.75) is 25.8 Å². The van der Waals surface area contributed by atoms with E-state index in [4.69, 9.17) is 9.47 Å². The predicted molar refractivity (Wildman–Crippen MR) is 103 cm³/mol. The number of morpholine rings is 1. The van der Waals surface area contributed by atoms with Gasteiger partial charge in [-0.1, -0.05) is 0 Å². The molecule has 0 aliphatic carbocycles. The summed E-state index contributed by atoms with van der Waals surface area (Å²) in [6.45, 7) is 8.99. The highest BCUT2D eigenvalue weighted by Gasteiger charge is 2.23. The lowest BCUT2D eigenvalue weighted by Gasteiger charge is -2.31. The Morgan fingerprint density at radius 1 is 1.30 bits per heavy atom. The van der Waals surface area contributed by atoms with Crippen molar-refractivity contribution < 1.29 is 14.3 Å². The van der Waals surface area contributed by atoms with E-state index >= 15 is 0 Å². The van der Waals surface area contributed by atoms with Crippen LogP contribution in [0.4, 0.5) is 16.6 Å². The first-order chi connectivity index (χ1) is 13.2. The van der Waals surface area contributed by atoms with Gasteiger partial charge >= 0.3 is 6.09 Å². The van der Waals surface area contributed by atoms with Gasteiger partial charge in [-0.15, -0.1) is 0 Å². The highest BCUT2D eigenvalue weighted by molar-refractivity contribution is 5.67. The molecule has 0 spiro atoms. The molecule has 1 amide bonds. The molecular weight excluding hydrogens is 348 g/mol. The van der Waals surface area contributed by atoms with Crippen LogP contribution in [0.1, 0.15) is 19.8 Å². The molecule has 2 N–H and O–H groups in total. The number of piperidine rings is 1. The average molecular weight is 378 g/mol. The Morgan fingerprint density at radius 3 is 2.81 bits per heavy atom. The summed E-state index contributed by atoms with van der Waals surface area (Å²) in [4.78, 5) is 24.7. The molecule has 2 aliphatic rings. The molecule has 1 aromatic rings. The van der Waals surface area contributed by atoms with Gasteiger partial charge in [0, 0.05) is 51.5 Å². The molecule has 2 aliphatic heterocycles. The van der Waals surface area contributed by atoms with Crippen LogP contribution in [0.3, 0.4) is 0 Å². The average Bonchev–Trinajstić information content (AvgIpc) is 2.70.